The van der Waals surface area contributed by atoms with Crippen LogP contribution in [0.25, 0.3) is 0 Å². The fraction of sp³-hybridized carbons (Fsp3) is 1.00. The quantitative estimate of drug-likeness (QED) is 0.661. The van der Waals surface area contributed by atoms with E-state index in [1.54, 1.807) is 0 Å². The predicted octanol–water partition coefficient (Wildman–Crippen LogP) is 1.32. The predicted molar refractivity (Wildman–Crippen MR) is 49.1 cm³/mol. The first-order chi connectivity index (χ1) is 4.88. The van der Waals surface area contributed by atoms with E-state index in [0.29, 0.717) is 12.4 Å². The second-order valence-corrected chi connectivity index (χ2v) is 4.17. The molecule has 1 N–H and O–H groups in total. The first-order valence-corrected chi connectivity index (χ1v) is 4.36. The SMILES string of the molecule is CN(CC(O)CCl)C(C)(C)C. The summed E-state index contributed by atoms with van der Waals surface area (Å²) in [5, 5.41) is 9.22. The zero-order chi connectivity index (χ0) is 9.07. The van der Waals surface area contributed by atoms with E-state index in [-0.39, 0.29) is 5.54 Å². The zero-order valence-electron chi connectivity index (χ0n) is 7.76. The number of aliphatic hydroxyl groups excluding tert-OH is 1. The van der Waals surface area contributed by atoms with Crippen molar-refractivity contribution in [2.75, 3.05) is 19.5 Å². The zero-order valence-corrected chi connectivity index (χ0v) is 8.52. The Morgan fingerprint density at radius 1 is 1.45 bits per heavy atom. The highest BCUT2D eigenvalue weighted by Gasteiger charge is 2.18. The van der Waals surface area contributed by atoms with Crippen LogP contribution in [0.1, 0.15) is 20.8 Å². The molecule has 68 valence electrons. The summed E-state index contributed by atoms with van der Waals surface area (Å²) in [5.41, 5.74) is 0.104. The summed E-state index contributed by atoms with van der Waals surface area (Å²) in [5.74, 6) is 0.306. The van der Waals surface area contributed by atoms with Crippen molar-refractivity contribution in [3.8, 4) is 0 Å². The summed E-state index contributed by atoms with van der Waals surface area (Å²) in [6, 6.07) is 0. The minimum absolute atomic E-state index is 0.104. The van der Waals surface area contributed by atoms with Crippen molar-refractivity contribution in [2.45, 2.75) is 32.4 Å². The van der Waals surface area contributed by atoms with Gasteiger partial charge in [0.2, 0.25) is 0 Å². The molecule has 0 rings (SSSR count). The molecule has 0 fully saturated rings. The third-order valence-electron chi connectivity index (χ3n) is 1.81. The van der Waals surface area contributed by atoms with Crippen molar-refractivity contribution >= 4 is 11.6 Å². The standard InChI is InChI=1S/C8H18ClNO/c1-8(2,3)10(4)6-7(11)5-9/h7,11H,5-6H2,1-4H3. The highest BCUT2D eigenvalue weighted by Crippen LogP contribution is 2.10. The second kappa shape index (κ2) is 4.29. The van der Waals surface area contributed by atoms with Crippen LogP contribution in [0, 0.1) is 0 Å². The first-order valence-electron chi connectivity index (χ1n) is 3.83. The molecule has 0 heterocycles. The Balaban J connectivity index is 3.77. The third kappa shape index (κ3) is 4.62. The Kier molecular flexibility index (Phi) is 4.37. The second-order valence-electron chi connectivity index (χ2n) is 3.86. The van der Waals surface area contributed by atoms with Crippen molar-refractivity contribution in [2.24, 2.45) is 0 Å². The maximum atomic E-state index is 9.22. The average Bonchev–Trinajstić information content (AvgIpc) is 1.85. The van der Waals surface area contributed by atoms with Gasteiger partial charge >= 0.3 is 0 Å². The van der Waals surface area contributed by atoms with Gasteiger partial charge in [-0.15, -0.1) is 11.6 Å². The van der Waals surface area contributed by atoms with E-state index >= 15 is 0 Å². The van der Waals surface area contributed by atoms with E-state index in [1.165, 1.54) is 0 Å². The van der Waals surface area contributed by atoms with E-state index in [0.717, 1.165) is 0 Å². The van der Waals surface area contributed by atoms with Gasteiger partial charge in [-0.05, 0) is 27.8 Å². The molecule has 0 saturated carbocycles. The van der Waals surface area contributed by atoms with Crippen LogP contribution in [-0.2, 0) is 0 Å². The van der Waals surface area contributed by atoms with Crippen LogP contribution in [0.2, 0.25) is 0 Å². The monoisotopic (exact) mass is 179 g/mol. The van der Waals surface area contributed by atoms with Gasteiger partial charge in [0, 0.05) is 18.0 Å². The van der Waals surface area contributed by atoms with E-state index in [1.807, 2.05) is 7.05 Å². The fourth-order valence-corrected chi connectivity index (χ4v) is 0.736. The molecule has 0 radical (unpaired) electrons. The van der Waals surface area contributed by atoms with Gasteiger partial charge in [-0.1, -0.05) is 0 Å². The number of hydrogen-bond donors (Lipinski definition) is 1. The molecule has 0 aliphatic carbocycles. The van der Waals surface area contributed by atoms with Gasteiger partial charge in [0.15, 0.2) is 0 Å². The molecule has 1 unspecified atom stereocenters. The molecule has 0 aromatic rings. The fourth-order valence-electron chi connectivity index (χ4n) is 0.639. The molecular weight excluding hydrogens is 162 g/mol. The minimum atomic E-state index is -0.416. The summed E-state index contributed by atoms with van der Waals surface area (Å²) < 4.78 is 0. The summed E-state index contributed by atoms with van der Waals surface area (Å²) in [6.45, 7) is 6.95. The maximum absolute atomic E-state index is 9.22. The normalized spacial score (nSPS) is 15.5. The lowest BCUT2D eigenvalue weighted by atomic mass is 10.1. The van der Waals surface area contributed by atoms with E-state index in [2.05, 4.69) is 25.7 Å². The van der Waals surface area contributed by atoms with Gasteiger partial charge in [0.05, 0.1) is 6.10 Å². The van der Waals surface area contributed by atoms with Crippen LogP contribution in [-0.4, -0.2) is 41.1 Å². The Morgan fingerprint density at radius 2 is 1.91 bits per heavy atom. The molecule has 3 heteroatoms. The molecule has 0 spiro atoms. The van der Waals surface area contributed by atoms with Gasteiger partial charge in [0.25, 0.3) is 0 Å². The Hall–Kier alpha value is 0.210. The molecule has 11 heavy (non-hydrogen) atoms. The number of aliphatic hydroxyl groups is 1. The number of hydrogen-bond acceptors (Lipinski definition) is 2. The third-order valence-corrected chi connectivity index (χ3v) is 2.16. The van der Waals surface area contributed by atoms with E-state index in [9.17, 15) is 5.11 Å². The number of alkyl halides is 1. The molecule has 2 nitrogen and oxygen atoms in total. The number of rotatable bonds is 3. The molecule has 0 aromatic heterocycles. The van der Waals surface area contributed by atoms with Gasteiger partial charge in [-0.3, -0.25) is 4.90 Å². The Labute approximate surface area is 74.2 Å². The van der Waals surface area contributed by atoms with Gasteiger partial charge in [0.1, 0.15) is 0 Å². The Bertz CT molecular complexity index is 111. The summed E-state index contributed by atoms with van der Waals surface area (Å²) in [7, 11) is 1.98. The van der Waals surface area contributed by atoms with E-state index in [4.69, 9.17) is 11.6 Å². The molecular formula is C8H18ClNO. The van der Waals surface area contributed by atoms with Crippen molar-refractivity contribution in [3.05, 3.63) is 0 Å². The molecule has 0 bridgehead atoms. The van der Waals surface area contributed by atoms with Crippen LogP contribution < -0.4 is 0 Å². The van der Waals surface area contributed by atoms with Gasteiger partial charge < -0.3 is 5.11 Å². The Morgan fingerprint density at radius 3 is 2.18 bits per heavy atom. The van der Waals surface area contributed by atoms with Crippen molar-refractivity contribution in [3.63, 3.8) is 0 Å². The lowest BCUT2D eigenvalue weighted by molar-refractivity contribution is 0.0912. The lowest BCUT2D eigenvalue weighted by Crippen LogP contribution is -2.43. The number of likely N-dealkylation sites (N-methyl/N-ethyl adjacent to an activating group) is 1. The van der Waals surface area contributed by atoms with Crippen LogP contribution in [0.15, 0.2) is 0 Å². The highest BCUT2D eigenvalue weighted by molar-refractivity contribution is 6.18. The summed E-state index contributed by atoms with van der Waals surface area (Å²) >= 11 is 5.47. The van der Waals surface area contributed by atoms with Gasteiger partial charge in [-0.2, -0.15) is 0 Å². The van der Waals surface area contributed by atoms with Crippen LogP contribution in [0.3, 0.4) is 0 Å². The molecule has 1 atom stereocenters. The van der Waals surface area contributed by atoms with Crippen molar-refractivity contribution in [1.29, 1.82) is 0 Å². The van der Waals surface area contributed by atoms with Crippen LogP contribution >= 0.6 is 11.6 Å². The van der Waals surface area contributed by atoms with Crippen LogP contribution in [0.5, 0.6) is 0 Å². The van der Waals surface area contributed by atoms with Gasteiger partial charge in [-0.25, -0.2) is 0 Å². The maximum Gasteiger partial charge on any atom is 0.0802 e. The molecule has 0 aliphatic heterocycles. The minimum Gasteiger partial charge on any atom is -0.391 e. The number of β-amino-alcohol motifs (C(OH)–C–C–N with tert-alkyl or cyclic N) is 1. The topological polar surface area (TPSA) is 23.5 Å². The molecule has 0 saturated heterocycles. The van der Waals surface area contributed by atoms with Crippen LogP contribution in [0.4, 0.5) is 0 Å². The first kappa shape index (κ1) is 11.2. The lowest BCUT2D eigenvalue weighted by Gasteiger charge is -2.32. The average molecular weight is 180 g/mol. The summed E-state index contributed by atoms with van der Waals surface area (Å²) in [4.78, 5) is 2.08. The van der Waals surface area contributed by atoms with Crippen molar-refractivity contribution < 1.29 is 5.11 Å². The smallest absolute Gasteiger partial charge is 0.0802 e. The van der Waals surface area contributed by atoms with Crippen molar-refractivity contribution in [1.82, 2.24) is 4.90 Å². The largest absolute Gasteiger partial charge is 0.391 e. The molecule has 0 aromatic carbocycles. The number of halogens is 1. The molecule has 0 aliphatic rings. The molecule has 0 amide bonds. The highest BCUT2D eigenvalue weighted by atomic mass is 35.5. The number of nitrogens with zero attached hydrogens (tertiary/aromatic N) is 1. The summed E-state index contributed by atoms with van der Waals surface area (Å²) in [6.07, 6.45) is -0.416. The van der Waals surface area contributed by atoms with E-state index < -0.39 is 6.10 Å².